The third-order valence-electron chi connectivity index (χ3n) is 3.46. The highest BCUT2D eigenvalue weighted by atomic mass is 16.5. The number of methoxy groups -OCH3 is 1. The molecule has 0 aliphatic carbocycles. The molecule has 0 aliphatic heterocycles. The van der Waals surface area contributed by atoms with Gasteiger partial charge in [0.25, 0.3) is 0 Å². The minimum atomic E-state index is -0.222. The monoisotopic (exact) mass is 307 g/mol. The van der Waals surface area contributed by atoms with E-state index in [0.717, 1.165) is 16.9 Å². The molecular formula is C18H17N3O2. The number of anilines is 1. The molecule has 1 aromatic carbocycles. The topological polar surface area (TPSA) is 55.6 Å². The predicted molar refractivity (Wildman–Crippen MR) is 90.6 cm³/mol. The average Bonchev–Trinajstić information content (AvgIpc) is 2.96. The Bertz CT molecular complexity index is 881. The number of carbonyl (C=O) groups is 1. The minimum Gasteiger partial charge on any atom is -0.495 e. The Labute approximate surface area is 134 Å². The Hall–Kier alpha value is -3.08. The lowest BCUT2D eigenvalue weighted by Crippen LogP contribution is -2.09. The number of nitrogens with one attached hydrogen (secondary N) is 1. The number of hydrogen-bond acceptors (Lipinski definition) is 3. The van der Waals surface area contributed by atoms with Crippen LogP contribution in [0, 0.1) is 6.92 Å². The zero-order valence-corrected chi connectivity index (χ0v) is 13.0. The first-order valence-electron chi connectivity index (χ1n) is 7.23. The zero-order chi connectivity index (χ0) is 16.2. The van der Waals surface area contributed by atoms with Crippen molar-refractivity contribution in [2.24, 2.45) is 0 Å². The number of aryl methyl sites for hydroxylation is 1. The molecule has 2 aromatic heterocycles. The maximum absolute atomic E-state index is 12.1. The number of aromatic nitrogens is 2. The van der Waals surface area contributed by atoms with Crippen molar-refractivity contribution in [2.45, 2.75) is 6.92 Å². The van der Waals surface area contributed by atoms with E-state index in [1.807, 2.05) is 53.9 Å². The quantitative estimate of drug-likeness (QED) is 0.752. The van der Waals surface area contributed by atoms with E-state index in [9.17, 15) is 4.79 Å². The van der Waals surface area contributed by atoms with Gasteiger partial charge in [0.05, 0.1) is 24.7 Å². The number of imidazole rings is 1. The normalized spacial score (nSPS) is 11.0. The molecule has 0 saturated heterocycles. The second-order valence-electron chi connectivity index (χ2n) is 5.14. The molecule has 3 rings (SSSR count). The highest BCUT2D eigenvalue weighted by Gasteiger charge is 2.06. The van der Waals surface area contributed by atoms with E-state index in [1.165, 1.54) is 6.08 Å². The number of amides is 1. The largest absolute Gasteiger partial charge is 0.495 e. The molecule has 0 spiro atoms. The van der Waals surface area contributed by atoms with Gasteiger partial charge in [0.2, 0.25) is 5.91 Å². The first kappa shape index (κ1) is 14.8. The van der Waals surface area contributed by atoms with Crippen molar-refractivity contribution in [3.63, 3.8) is 0 Å². The fourth-order valence-corrected chi connectivity index (χ4v) is 2.33. The second kappa shape index (κ2) is 6.36. The van der Waals surface area contributed by atoms with Crippen molar-refractivity contribution in [3.8, 4) is 5.75 Å². The van der Waals surface area contributed by atoms with E-state index >= 15 is 0 Å². The van der Waals surface area contributed by atoms with E-state index in [2.05, 4.69) is 10.3 Å². The number of carbonyl (C=O) groups excluding carboxylic acids is 1. The lowest BCUT2D eigenvalue weighted by molar-refractivity contribution is -0.111. The van der Waals surface area contributed by atoms with Gasteiger partial charge in [0.15, 0.2) is 0 Å². The molecule has 1 N–H and O–H groups in total. The molecule has 0 atom stereocenters. The van der Waals surface area contributed by atoms with Crippen molar-refractivity contribution in [1.29, 1.82) is 0 Å². The van der Waals surface area contributed by atoms with Gasteiger partial charge in [-0.1, -0.05) is 12.1 Å². The lowest BCUT2D eigenvalue weighted by atomic mass is 10.2. The molecular weight excluding hydrogens is 290 g/mol. The molecule has 116 valence electrons. The molecule has 2 heterocycles. The number of rotatable bonds is 4. The van der Waals surface area contributed by atoms with Crippen LogP contribution in [0.15, 0.2) is 54.9 Å². The van der Waals surface area contributed by atoms with E-state index in [-0.39, 0.29) is 5.91 Å². The number of pyridine rings is 1. The maximum atomic E-state index is 12.1. The molecule has 23 heavy (non-hydrogen) atoms. The van der Waals surface area contributed by atoms with Crippen LogP contribution in [-0.4, -0.2) is 22.4 Å². The van der Waals surface area contributed by atoms with E-state index in [4.69, 9.17) is 4.74 Å². The Morgan fingerprint density at radius 1 is 1.30 bits per heavy atom. The van der Waals surface area contributed by atoms with Gasteiger partial charge in [0.1, 0.15) is 11.4 Å². The van der Waals surface area contributed by atoms with Gasteiger partial charge in [-0.2, -0.15) is 0 Å². The second-order valence-corrected chi connectivity index (χ2v) is 5.14. The Kier molecular flexibility index (Phi) is 4.10. The summed E-state index contributed by atoms with van der Waals surface area (Å²) in [5, 5.41) is 2.83. The standard InChI is InChI=1S/C18H17N3O2/c1-13-6-8-16(23-2)15(11-13)20-18(22)9-7-14-12-19-17-5-3-4-10-21(14)17/h3-12H,1-2H3,(H,20,22)/b9-7+. The van der Waals surface area contributed by atoms with Crippen LogP contribution in [0.4, 0.5) is 5.69 Å². The molecule has 0 fully saturated rings. The summed E-state index contributed by atoms with van der Waals surface area (Å²) < 4.78 is 7.17. The number of hydrogen-bond donors (Lipinski definition) is 1. The summed E-state index contributed by atoms with van der Waals surface area (Å²) in [6, 6.07) is 11.4. The molecule has 0 unspecified atom stereocenters. The van der Waals surface area contributed by atoms with Crippen LogP contribution in [0.5, 0.6) is 5.75 Å². The van der Waals surface area contributed by atoms with Gasteiger partial charge >= 0.3 is 0 Å². The minimum absolute atomic E-state index is 0.222. The molecule has 3 aromatic rings. The van der Waals surface area contributed by atoms with Crippen LogP contribution in [-0.2, 0) is 4.79 Å². The number of ether oxygens (including phenoxy) is 1. The van der Waals surface area contributed by atoms with Crippen LogP contribution in [0.1, 0.15) is 11.3 Å². The lowest BCUT2D eigenvalue weighted by Gasteiger charge is -2.09. The molecule has 0 aliphatic rings. The summed E-state index contributed by atoms with van der Waals surface area (Å²) >= 11 is 0. The highest BCUT2D eigenvalue weighted by molar-refractivity contribution is 6.02. The number of benzene rings is 1. The third kappa shape index (κ3) is 3.23. The summed E-state index contributed by atoms with van der Waals surface area (Å²) in [4.78, 5) is 16.4. The van der Waals surface area contributed by atoms with Gasteiger partial charge < -0.3 is 14.5 Å². The summed E-state index contributed by atoms with van der Waals surface area (Å²) in [6.07, 6.45) is 6.85. The molecule has 5 nitrogen and oxygen atoms in total. The van der Waals surface area contributed by atoms with Crippen molar-refractivity contribution in [3.05, 3.63) is 66.1 Å². The molecule has 0 bridgehead atoms. The Morgan fingerprint density at radius 3 is 3.00 bits per heavy atom. The van der Waals surface area contributed by atoms with Crippen molar-refractivity contribution in [2.75, 3.05) is 12.4 Å². The fourth-order valence-electron chi connectivity index (χ4n) is 2.33. The van der Waals surface area contributed by atoms with Crippen molar-refractivity contribution >= 4 is 23.3 Å². The van der Waals surface area contributed by atoms with Crippen LogP contribution in [0.2, 0.25) is 0 Å². The Morgan fingerprint density at radius 2 is 2.17 bits per heavy atom. The smallest absolute Gasteiger partial charge is 0.248 e. The average molecular weight is 307 g/mol. The summed E-state index contributed by atoms with van der Waals surface area (Å²) in [5.41, 5.74) is 3.38. The van der Waals surface area contributed by atoms with Crippen LogP contribution >= 0.6 is 0 Å². The predicted octanol–water partition coefficient (Wildman–Crippen LogP) is 3.30. The third-order valence-corrected chi connectivity index (χ3v) is 3.46. The first-order valence-corrected chi connectivity index (χ1v) is 7.23. The van der Waals surface area contributed by atoms with Crippen LogP contribution < -0.4 is 10.1 Å². The summed E-state index contributed by atoms with van der Waals surface area (Å²) in [7, 11) is 1.58. The van der Waals surface area contributed by atoms with Crippen molar-refractivity contribution < 1.29 is 9.53 Å². The fraction of sp³-hybridized carbons (Fsp3) is 0.111. The van der Waals surface area contributed by atoms with Crippen molar-refractivity contribution in [1.82, 2.24) is 9.38 Å². The van der Waals surface area contributed by atoms with Crippen LogP contribution in [0.3, 0.4) is 0 Å². The number of fused-ring (bicyclic) bond motifs is 1. The summed E-state index contributed by atoms with van der Waals surface area (Å²) in [5.74, 6) is 0.409. The maximum Gasteiger partial charge on any atom is 0.248 e. The zero-order valence-electron chi connectivity index (χ0n) is 13.0. The molecule has 1 amide bonds. The Balaban J connectivity index is 1.78. The van der Waals surface area contributed by atoms with Gasteiger partial charge in [0, 0.05) is 12.3 Å². The van der Waals surface area contributed by atoms with Gasteiger partial charge in [-0.3, -0.25) is 4.79 Å². The molecule has 0 saturated carbocycles. The molecule has 5 heteroatoms. The first-order chi connectivity index (χ1) is 11.2. The van der Waals surface area contributed by atoms with Gasteiger partial charge in [-0.25, -0.2) is 4.98 Å². The van der Waals surface area contributed by atoms with E-state index < -0.39 is 0 Å². The number of nitrogens with zero attached hydrogens (tertiary/aromatic N) is 2. The van der Waals surface area contributed by atoms with Crippen LogP contribution in [0.25, 0.3) is 11.7 Å². The SMILES string of the molecule is COc1ccc(C)cc1NC(=O)/C=C/c1cnc2ccccn12. The highest BCUT2D eigenvalue weighted by Crippen LogP contribution is 2.25. The summed E-state index contributed by atoms with van der Waals surface area (Å²) in [6.45, 7) is 1.96. The van der Waals surface area contributed by atoms with Gasteiger partial charge in [-0.15, -0.1) is 0 Å². The van der Waals surface area contributed by atoms with E-state index in [1.54, 1.807) is 19.4 Å². The van der Waals surface area contributed by atoms with Gasteiger partial charge in [-0.05, 0) is 42.8 Å². The molecule has 0 radical (unpaired) electrons. The van der Waals surface area contributed by atoms with E-state index in [0.29, 0.717) is 11.4 Å².